The summed E-state index contributed by atoms with van der Waals surface area (Å²) in [5.41, 5.74) is 3.04. The Bertz CT molecular complexity index is 1580. The van der Waals surface area contributed by atoms with Crippen LogP contribution in [0.4, 0.5) is 0 Å². The molecule has 1 N–H and O–H groups in total. The first-order chi connectivity index (χ1) is 18.2. The summed E-state index contributed by atoms with van der Waals surface area (Å²) in [5, 5.41) is 23.9. The lowest BCUT2D eigenvalue weighted by molar-refractivity contribution is 0.0686. The van der Waals surface area contributed by atoms with E-state index < -0.39 is 11.5 Å². The number of tetrazole rings is 1. The molecule has 0 amide bonds. The zero-order valence-corrected chi connectivity index (χ0v) is 19.8. The number of carboxylic acid groups (broad SMARTS) is 1. The van der Waals surface area contributed by atoms with Gasteiger partial charge in [-0.1, -0.05) is 109 Å². The Hall–Kier alpha value is -5.04. The minimum absolute atomic E-state index is 0.177. The highest BCUT2D eigenvalue weighted by atomic mass is 16.4. The third-order valence-corrected chi connectivity index (χ3v) is 6.76. The molecular formula is C30H23N5O2. The first-order valence-electron chi connectivity index (χ1n) is 12.0. The van der Waals surface area contributed by atoms with Crippen LogP contribution in [0.2, 0.25) is 0 Å². The van der Waals surface area contributed by atoms with Crippen LogP contribution in [0, 0.1) is 0 Å². The van der Waals surface area contributed by atoms with E-state index in [2.05, 4.69) is 51.9 Å². The van der Waals surface area contributed by atoms with Crippen LogP contribution < -0.4 is 0 Å². The van der Waals surface area contributed by atoms with Crippen LogP contribution in [-0.4, -0.2) is 35.9 Å². The average Bonchev–Trinajstić information content (AvgIpc) is 3.57. The van der Waals surface area contributed by atoms with Crippen LogP contribution in [-0.2, 0) is 12.1 Å². The van der Waals surface area contributed by atoms with Crippen molar-refractivity contribution >= 4 is 16.9 Å². The summed E-state index contributed by atoms with van der Waals surface area (Å²) in [7, 11) is 0. The number of rotatable bonds is 7. The number of fused-ring (bicyclic) bond motifs is 1. The van der Waals surface area contributed by atoms with Crippen molar-refractivity contribution in [3.05, 3.63) is 150 Å². The quantitative estimate of drug-likeness (QED) is 0.314. The standard InChI is InChI=1S/C30H23N5O2/c36-29(37)27-20-22-12-10-11-19-26(22)34(27)21-28-31-32-33-35(28)30(23-13-4-1-5-14-23,24-15-6-2-7-16-24)25-17-8-3-9-18-25/h1-20H,21H2,(H,36,37). The molecule has 7 heteroatoms. The molecule has 0 bridgehead atoms. The Morgan fingerprint density at radius 2 is 1.24 bits per heavy atom. The topological polar surface area (TPSA) is 85.8 Å². The molecule has 0 aliphatic carbocycles. The van der Waals surface area contributed by atoms with Crippen molar-refractivity contribution < 1.29 is 9.90 Å². The Labute approximate surface area is 213 Å². The Morgan fingerprint density at radius 1 is 0.730 bits per heavy atom. The van der Waals surface area contributed by atoms with Gasteiger partial charge in [-0.05, 0) is 39.2 Å². The molecule has 0 atom stereocenters. The average molecular weight is 486 g/mol. The lowest BCUT2D eigenvalue weighted by Gasteiger charge is -2.36. The number of para-hydroxylation sites is 1. The van der Waals surface area contributed by atoms with Crippen molar-refractivity contribution in [2.45, 2.75) is 12.1 Å². The van der Waals surface area contributed by atoms with Crippen molar-refractivity contribution in [3.63, 3.8) is 0 Å². The molecule has 0 aliphatic heterocycles. The zero-order valence-electron chi connectivity index (χ0n) is 19.8. The van der Waals surface area contributed by atoms with Crippen molar-refractivity contribution in [1.82, 2.24) is 24.8 Å². The first kappa shape index (κ1) is 22.4. The highest BCUT2D eigenvalue weighted by Gasteiger charge is 2.41. The summed E-state index contributed by atoms with van der Waals surface area (Å²) in [6.07, 6.45) is 0. The summed E-state index contributed by atoms with van der Waals surface area (Å²) in [4.78, 5) is 12.2. The molecule has 0 saturated heterocycles. The summed E-state index contributed by atoms with van der Waals surface area (Å²) in [5.74, 6) is -0.476. The Balaban J connectivity index is 1.64. The van der Waals surface area contributed by atoms with Crippen LogP contribution in [0.25, 0.3) is 10.9 Å². The fraction of sp³-hybridized carbons (Fsp3) is 0.0667. The fourth-order valence-corrected chi connectivity index (χ4v) is 5.17. The van der Waals surface area contributed by atoms with Crippen molar-refractivity contribution in [1.29, 1.82) is 0 Å². The minimum Gasteiger partial charge on any atom is -0.477 e. The molecule has 37 heavy (non-hydrogen) atoms. The predicted molar refractivity (Wildman–Crippen MR) is 140 cm³/mol. The first-order valence-corrected chi connectivity index (χ1v) is 12.0. The maximum absolute atomic E-state index is 12.2. The molecule has 2 aromatic heterocycles. The number of aromatic nitrogens is 5. The van der Waals surface area contributed by atoms with Gasteiger partial charge in [0.2, 0.25) is 0 Å². The summed E-state index contributed by atoms with van der Waals surface area (Å²) in [6, 6.07) is 39.7. The largest absolute Gasteiger partial charge is 0.477 e. The molecule has 2 heterocycles. The molecule has 0 spiro atoms. The zero-order chi connectivity index (χ0) is 25.2. The second kappa shape index (κ2) is 9.20. The fourth-order valence-electron chi connectivity index (χ4n) is 5.17. The second-order valence-corrected chi connectivity index (χ2v) is 8.80. The van der Waals surface area contributed by atoms with Gasteiger partial charge < -0.3 is 9.67 Å². The van der Waals surface area contributed by atoms with E-state index >= 15 is 0 Å². The van der Waals surface area contributed by atoms with E-state index in [9.17, 15) is 9.90 Å². The third-order valence-electron chi connectivity index (χ3n) is 6.76. The number of hydrogen-bond donors (Lipinski definition) is 1. The molecular weight excluding hydrogens is 462 g/mol. The summed E-state index contributed by atoms with van der Waals surface area (Å²) < 4.78 is 3.58. The number of benzene rings is 4. The molecule has 0 unspecified atom stereocenters. The normalized spacial score (nSPS) is 11.6. The number of aromatic carboxylic acids is 1. The molecule has 0 saturated carbocycles. The Morgan fingerprint density at radius 3 is 1.78 bits per heavy atom. The second-order valence-electron chi connectivity index (χ2n) is 8.80. The molecule has 180 valence electrons. The van der Waals surface area contributed by atoms with E-state index in [1.807, 2.05) is 83.5 Å². The lowest BCUT2D eigenvalue weighted by atomic mass is 9.77. The van der Waals surface area contributed by atoms with Gasteiger partial charge in [-0.25, -0.2) is 9.48 Å². The van der Waals surface area contributed by atoms with Gasteiger partial charge in [0.15, 0.2) is 5.82 Å². The summed E-state index contributed by atoms with van der Waals surface area (Å²) in [6.45, 7) is 0.177. The lowest BCUT2D eigenvalue weighted by Crippen LogP contribution is -2.40. The molecule has 0 aliphatic rings. The number of carboxylic acids is 1. The monoisotopic (exact) mass is 485 g/mol. The maximum atomic E-state index is 12.2. The summed E-state index contributed by atoms with van der Waals surface area (Å²) >= 11 is 0. The highest BCUT2D eigenvalue weighted by Crippen LogP contribution is 2.40. The van der Waals surface area contributed by atoms with Crippen molar-refractivity contribution in [2.24, 2.45) is 0 Å². The molecule has 0 radical (unpaired) electrons. The molecule has 4 aromatic carbocycles. The van der Waals surface area contributed by atoms with Gasteiger partial charge in [-0.15, -0.1) is 5.10 Å². The van der Waals surface area contributed by atoms with E-state index in [-0.39, 0.29) is 12.2 Å². The van der Waals surface area contributed by atoms with Gasteiger partial charge in [0.05, 0.1) is 6.54 Å². The van der Waals surface area contributed by atoms with Gasteiger partial charge in [0.1, 0.15) is 11.2 Å². The molecule has 6 aromatic rings. The van der Waals surface area contributed by atoms with Crippen LogP contribution in [0.1, 0.15) is 33.0 Å². The highest BCUT2D eigenvalue weighted by molar-refractivity contribution is 5.94. The number of carbonyl (C=O) groups is 1. The van der Waals surface area contributed by atoms with E-state index in [1.165, 1.54) is 0 Å². The molecule has 7 nitrogen and oxygen atoms in total. The van der Waals surface area contributed by atoms with E-state index in [0.29, 0.717) is 5.82 Å². The smallest absolute Gasteiger partial charge is 0.352 e. The van der Waals surface area contributed by atoms with E-state index in [1.54, 1.807) is 10.6 Å². The molecule has 0 fully saturated rings. The van der Waals surface area contributed by atoms with Crippen LogP contribution >= 0.6 is 0 Å². The van der Waals surface area contributed by atoms with Crippen molar-refractivity contribution in [3.8, 4) is 0 Å². The van der Waals surface area contributed by atoms with E-state index in [4.69, 9.17) is 0 Å². The van der Waals surface area contributed by atoms with Crippen LogP contribution in [0.3, 0.4) is 0 Å². The third kappa shape index (κ3) is 3.68. The van der Waals surface area contributed by atoms with Gasteiger partial charge in [-0.3, -0.25) is 0 Å². The van der Waals surface area contributed by atoms with Crippen LogP contribution in [0.15, 0.2) is 121 Å². The van der Waals surface area contributed by atoms with Gasteiger partial charge in [-0.2, -0.15) is 0 Å². The number of nitrogens with zero attached hydrogens (tertiary/aromatic N) is 5. The molecule has 6 rings (SSSR count). The maximum Gasteiger partial charge on any atom is 0.352 e. The van der Waals surface area contributed by atoms with Gasteiger partial charge >= 0.3 is 5.97 Å². The van der Waals surface area contributed by atoms with Gasteiger partial charge in [0, 0.05) is 10.9 Å². The van der Waals surface area contributed by atoms with Crippen molar-refractivity contribution in [2.75, 3.05) is 0 Å². The predicted octanol–water partition coefficient (Wildman–Crippen LogP) is 5.21. The van der Waals surface area contributed by atoms with E-state index in [0.717, 1.165) is 27.6 Å². The van der Waals surface area contributed by atoms with Gasteiger partial charge in [0.25, 0.3) is 0 Å². The van der Waals surface area contributed by atoms with Crippen LogP contribution in [0.5, 0.6) is 0 Å². The SMILES string of the molecule is O=C(O)c1cc2ccccc2n1Cc1nnnn1C(c1ccccc1)(c1ccccc1)c1ccccc1. The number of hydrogen-bond acceptors (Lipinski definition) is 4. The minimum atomic E-state index is -1.00. The Kier molecular flexibility index (Phi) is 5.58.